The van der Waals surface area contributed by atoms with E-state index in [9.17, 15) is 14.4 Å². The Labute approximate surface area is 162 Å². The highest BCUT2D eigenvalue weighted by atomic mass is 32.1. The third-order valence-corrected chi connectivity index (χ3v) is 6.53. The van der Waals surface area contributed by atoms with Crippen molar-refractivity contribution in [3.05, 3.63) is 57.6 Å². The maximum Gasteiger partial charge on any atom is 0.233 e. The molecule has 2 aliphatic rings. The number of nitrogens with zero attached hydrogens (tertiary/aromatic N) is 2. The topological polar surface area (TPSA) is 59.4 Å². The van der Waals surface area contributed by atoms with E-state index in [-0.39, 0.29) is 36.0 Å². The molecular weight excluding hydrogens is 360 g/mol. The number of ketones is 1. The van der Waals surface area contributed by atoms with Crippen LogP contribution in [0, 0.1) is 25.7 Å². The number of imide groups is 1. The first-order valence-electron chi connectivity index (χ1n) is 9.20. The molecule has 1 aliphatic carbocycles. The summed E-state index contributed by atoms with van der Waals surface area (Å²) in [4.78, 5) is 40.5. The Bertz CT molecular complexity index is 913. The molecule has 0 saturated carbocycles. The lowest BCUT2D eigenvalue weighted by atomic mass is 9.85. The second kappa shape index (κ2) is 6.93. The number of carbonyl (C=O) groups excluding carboxylic acids is 3. The summed E-state index contributed by atoms with van der Waals surface area (Å²) in [5, 5.41) is 2.04. The minimum Gasteiger partial charge on any atom is -0.343 e. The average molecular weight is 382 g/mol. The van der Waals surface area contributed by atoms with Crippen LogP contribution in [0.2, 0.25) is 0 Å². The molecule has 0 radical (unpaired) electrons. The van der Waals surface area contributed by atoms with Crippen LogP contribution in [-0.4, -0.2) is 33.6 Å². The highest BCUT2D eigenvalue weighted by Crippen LogP contribution is 2.35. The van der Waals surface area contributed by atoms with Gasteiger partial charge in [-0.05, 0) is 44.2 Å². The van der Waals surface area contributed by atoms with Gasteiger partial charge in [-0.25, -0.2) is 0 Å². The molecule has 4 rings (SSSR count). The average Bonchev–Trinajstić information content (AvgIpc) is 3.34. The number of rotatable bonds is 5. The molecule has 27 heavy (non-hydrogen) atoms. The minimum atomic E-state index is -0.290. The van der Waals surface area contributed by atoms with E-state index in [1.807, 2.05) is 43.5 Å². The largest absolute Gasteiger partial charge is 0.343 e. The number of fused-ring (bicyclic) bond motifs is 1. The summed E-state index contributed by atoms with van der Waals surface area (Å²) in [7, 11) is 0. The molecule has 0 spiro atoms. The molecule has 6 heteroatoms. The zero-order valence-electron chi connectivity index (χ0n) is 15.5. The molecular formula is C21H22N2O3S. The molecule has 2 aromatic heterocycles. The molecule has 5 nitrogen and oxygen atoms in total. The van der Waals surface area contributed by atoms with Gasteiger partial charge < -0.3 is 4.57 Å². The lowest BCUT2D eigenvalue weighted by molar-refractivity contribution is -0.139. The number of hydrogen-bond acceptors (Lipinski definition) is 4. The van der Waals surface area contributed by atoms with Crippen molar-refractivity contribution in [1.29, 1.82) is 0 Å². The SMILES string of the molecule is Cc1cc(C(=O)CN2C(=O)[C@@H]3CC=CC[C@H]3C2=O)c(C)n1Cc1cccs1. The number of thiophene rings is 1. The Balaban J connectivity index is 1.54. The van der Waals surface area contributed by atoms with Crippen molar-refractivity contribution in [1.82, 2.24) is 9.47 Å². The van der Waals surface area contributed by atoms with Crippen molar-refractivity contribution in [2.24, 2.45) is 11.8 Å². The van der Waals surface area contributed by atoms with Gasteiger partial charge in [0.05, 0.1) is 24.9 Å². The number of carbonyl (C=O) groups is 3. The van der Waals surface area contributed by atoms with Gasteiger partial charge in [0.15, 0.2) is 5.78 Å². The Kier molecular flexibility index (Phi) is 4.60. The maximum atomic E-state index is 12.9. The number of likely N-dealkylation sites (tertiary alicyclic amines) is 1. The van der Waals surface area contributed by atoms with Crippen LogP contribution >= 0.6 is 11.3 Å². The van der Waals surface area contributed by atoms with E-state index in [0.717, 1.165) is 17.9 Å². The first-order chi connectivity index (χ1) is 13.0. The van der Waals surface area contributed by atoms with Crippen molar-refractivity contribution in [2.75, 3.05) is 6.54 Å². The van der Waals surface area contributed by atoms with Gasteiger partial charge in [-0.1, -0.05) is 18.2 Å². The summed E-state index contributed by atoms with van der Waals surface area (Å²) in [5.74, 6) is -1.15. The van der Waals surface area contributed by atoms with E-state index < -0.39 is 0 Å². The van der Waals surface area contributed by atoms with Gasteiger partial charge in [0, 0.05) is 21.8 Å². The molecule has 140 valence electrons. The summed E-state index contributed by atoms with van der Waals surface area (Å²) in [6.07, 6.45) is 5.09. The van der Waals surface area contributed by atoms with Gasteiger partial charge in [0.1, 0.15) is 0 Å². The van der Waals surface area contributed by atoms with Gasteiger partial charge in [-0.2, -0.15) is 0 Å². The third-order valence-electron chi connectivity index (χ3n) is 5.67. The van der Waals surface area contributed by atoms with Crippen molar-refractivity contribution in [2.45, 2.75) is 33.2 Å². The van der Waals surface area contributed by atoms with Gasteiger partial charge in [0.2, 0.25) is 11.8 Å². The van der Waals surface area contributed by atoms with Crippen molar-refractivity contribution in [3.8, 4) is 0 Å². The molecule has 0 unspecified atom stereocenters. The van der Waals surface area contributed by atoms with Crippen LogP contribution in [0.4, 0.5) is 0 Å². The number of aromatic nitrogens is 1. The Morgan fingerprint density at radius 3 is 2.41 bits per heavy atom. The van der Waals surface area contributed by atoms with Crippen LogP contribution in [-0.2, 0) is 16.1 Å². The van der Waals surface area contributed by atoms with Crippen molar-refractivity contribution < 1.29 is 14.4 Å². The van der Waals surface area contributed by atoms with Crippen LogP contribution in [0.1, 0.15) is 39.5 Å². The zero-order valence-corrected chi connectivity index (χ0v) is 16.3. The molecule has 2 amide bonds. The van der Waals surface area contributed by atoms with E-state index in [1.165, 1.54) is 9.78 Å². The second-order valence-corrected chi connectivity index (χ2v) is 8.32. The molecule has 1 fully saturated rings. The molecule has 0 aromatic carbocycles. The van der Waals surface area contributed by atoms with E-state index >= 15 is 0 Å². The summed E-state index contributed by atoms with van der Waals surface area (Å²) in [6, 6.07) is 5.95. The number of Topliss-reactive ketones (excluding diaryl/α,β-unsaturated/α-hetero) is 1. The van der Waals surface area contributed by atoms with Crippen LogP contribution < -0.4 is 0 Å². The van der Waals surface area contributed by atoms with Crippen LogP contribution in [0.5, 0.6) is 0 Å². The number of hydrogen-bond donors (Lipinski definition) is 0. The summed E-state index contributed by atoms with van der Waals surface area (Å²) in [5.41, 5.74) is 2.47. The Morgan fingerprint density at radius 1 is 1.15 bits per heavy atom. The fourth-order valence-corrected chi connectivity index (χ4v) is 4.83. The smallest absolute Gasteiger partial charge is 0.233 e. The van der Waals surface area contributed by atoms with E-state index in [1.54, 1.807) is 11.3 Å². The monoisotopic (exact) mass is 382 g/mol. The zero-order chi connectivity index (χ0) is 19.1. The standard InChI is InChI=1S/C21H22N2O3S/c1-13-10-18(14(2)22(13)11-15-6-5-9-27-15)19(24)12-23-20(25)16-7-3-4-8-17(16)21(23)26/h3-6,9-10,16-17H,7-8,11-12H2,1-2H3/t16-,17-/m1/s1. The number of aryl methyl sites for hydroxylation is 1. The van der Waals surface area contributed by atoms with Gasteiger partial charge >= 0.3 is 0 Å². The third kappa shape index (κ3) is 3.08. The summed E-state index contributed by atoms with van der Waals surface area (Å²) < 4.78 is 2.11. The van der Waals surface area contributed by atoms with Gasteiger partial charge in [-0.3, -0.25) is 19.3 Å². The lowest BCUT2D eigenvalue weighted by Gasteiger charge is -2.14. The van der Waals surface area contributed by atoms with Crippen LogP contribution in [0.15, 0.2) is 35.7 Å². The predicted molar refractivity (Wildman–Crippen MR) is 104 cm³/mol. The Hall–Kier alpha value is -2.47. The van der Waals surface area contributed by atoms with Crippen LogP contribution in [0.3, 0.4) is 0 Å². The summed E-state index contributed by atoms with van der Waals surface area (Å²) >= 11 is 1.68. The normalized spacial score (nSPS) is 21.8. The number of amides is 2. The van der Waals surface area contributed by atoms with Gasteiger partial charge in [0.25, 0.3) is 0 Å². The molecule has 2 aromatic rings. The van der Waals surface area contributed by atoms with Gasteiger partial charge in [-0.15, -0.1) is 11.3 Å². The lowest BCUT2D eigenvalue weighted by Crippen LogP contribution is -2.36. The highest BCUT2D eigenvalue weighted by molar-refractivity contribution is 7.09. The molecule has 0 bridgehead atoms. The fourth-order valence-electron chi connectivity index (χ4n) is 4.14. The van der Waals surface area contributed by atoms with E-state index in [2.05, 4.69) is 10.6 Å². The van der Waals surface area contributed by atoms with Crippen LogP contribution in [0.25, 0.3) is 0 Å². The molecule has 0 N–H and O–H groups in total. The van der Waals surface area contributed by atoms with Crippen molar-refractivity contribution >= 4 is 28.9 Å². The number of allylic oxidation sites excluding steroid dienone is 2. The highest BCUT2D eigenvalue weighted by Gasteiger charge is 2.47. The minimum absolute atomic E-state index is 0.159. The predicted octanol–water partition coefficient (Wildman–Crippen LogP) is 3.35. The van der Waals surface area contributed by atoms with E-state index in [4.69, 9.17) is 0 Å². The van der Waals surface area contributed by atoms with Crippen molar-refractivity contribution in [3.63, 3.8) is 0 Å². The quantitative estimate of drug-likeness (QED) is 0.453. The second-order valence-electron chi connectivity index (χ2n) is 7.29. The maximum absolute atomic E-state index is 12.9. The summed E-state index contributed by atoms with van der Waals surface area (Å²) in [6.45, 7) is 4.46. The first kappa shape index (κ1) is 17.9. The molecule has 2 atom stereocenters. The molecule has 1 saturated heterocycles. The fraction of sp³-hybridized carbons (Fsp3) is 0.381. The van der Waals surface area contributed by atoms with E-state index in [0.29, 0.717) is 18.4 Å². The Morgan fingerprint density at radius 2 is 1.81 bits per heavy atom. The molecule has 3 heterocycles. The molecule has 1 aliphatic heterocycles. The first-order valence-corrected chi connectivity index (χ1v) is 10.1.